The predicted octanol–water partition coefficient (Wildman–Crippen LogP) is 2.92. The fourth-order valence-electron chi connectivity index (χ4n) is 2.27. The second kappa shape index (κ2) is 5.80. The summed E-state index contributed by atoms with van der Waals surface area (Å²) in [5.74, 6) is -0.839. The first-order valence-corrected chi connectivity index (χ1v) is 7.15. The molecule has 5 heteroatoms. The van der Waals surface area contributed by atoms with E-state index in [1.54, 1.807) is 11.3 Å². The van der Waals surface area contributed by atoms with Gasteiger partial charge in [-0.25, -0.2) is 4.98 Å². The van der Waals surface area contributed by atoms with E-state index < -0.39 is 5.97 Å². The zero-order chi connectivity index (χ0) is 13.1. The topological polar surface area (TPSA) is 59.4 Å². The maximum Gasteiger partial charge on any atom is 0.306 e. The van der Waals surface area contributed by atoms with Gasteiger partial charge >= 0.3 is 5.97 Å². The molecule has 1 fully saturated rings. The third-order valence-corrected chi connectivity index (χ3v) is 4.59. The largest absolute Gasteiger partial charge is 0.481 e. The summed E-state index contributed by atoms with van der Waals surface area (Å²) in [6.45, 7) is 4.63. The Kier molecular flexibility index (Phi) is 4.35. The van der Waals surface area contributed by atoms with E-state index in [0.717, 1.165) is 36.4 Å². The van der Waals surface area contributed by atoms with Crippen LogP contribution < -0.4 is 0 Å². The van der Waals surface area contributed by atoms with Gasteiger partial charge in [0, 0.05) is 4.88 Å². The Morgan fingerprint density at radius 2 is 2.06 bits per heavy atom. The maximum atomic E-state index is 10.8. The van der Waals surface area contributed by atoms with E-state index in [-0.39, 0.29) is 12.0 Å². The fraction of sp³-hybridized carbons (Fsp3) is 0.692. The molecule has 0 unspecified atom stereocenters. The van der Waals surface area contributed by atoms with Crippen molar-refractivity contribution in [1.29, 1.82) is 0 Å². The van der Waals surface area contributed by atoms with Crippen molar-refractivity contribution >= 4 is 17.3 Å². The molecule has 1 saturated carbocycles. The Balaban J connectivity index is 1.77. The van der Waals surface area contributed by atoms with Crippen molar-refractivity contribution in [3.8, 4) is 0 Å². The Morgan fingerprint density at radius 1 is 1.39 bits per heavy atom. The van der Waals surface area contributed by atoms with Gasteiger partial charge in [-0.1, -0.05) is 0 Å². The van der Waals surface area contributed by atoms with Crippen LogP contribution in [0.5, 0.6) is 0 Å². The van der Waals surface area contributed by atoms with Crippen molar-refractivity contribution in [1.82, 2.24) is 4.98 Å². The molecule has 2 rings (SSSR count). The summed E-state index contributed by atoms with van der Waals surface area (Å²) in [6.07, 6.45) is 3.36. The molecular formula is C13H19NO3S. The van der Waals surface area contributed by atoms with E-state index >= 15 is 0 Å². The number of aryl methyl sites for hydroxylation is 2. The maximum absolute atomic E-state index is 10.8. The van der Waals surface area contributed by atoms with E-state index in [0.29, 0.717) is 6.61 Å². The molecular weight excluding hydrogens is 250 g/mol. The Morgan fingerprint density at radius 3 is 2.56 bits per heavy atom. The number of carboxylic acid groups (broad SMARTS) is 1. The zero-order valence-corrected chi connectivity index (χ0v) is 11.6. The van der Waals surface area contributed by atoms with Gasteiger partial charge in [-0.2, -0.15) is 0 Å². The number of aliphatic carboxylic acids is 1. The minimum absolute atomic E-state index is 0.172. The molecule has 0 amide bonds. The zero-order valence-electron chi connectivity index (χ0n) is 10.8. The third-order valence-electron chi connectivity index (χ3n) is 3.54. The van der Waals surface area contributed by atoms with Crippen molar-refractivity contribution in [3.05, 3.63) is 15.6 Å². The van der Waals surface area contributed by atoms with Crippen LogP contribution in [0.2, 0.25) is 0 Å². The molecule has 0 atom stereocenters. The molecule has 4 nitrogen and oxygen atoms in total. The molecule has 100 valence electrons. The van der Waals surface area contributed by atoms with Crippen molar-refractivity contribution in [2.24, 2.45) is 5.92 Å². The molecule has 1 aliphatic carbocycles. The van der Waals surface area contributed by atoms with Crippen molar-refractivity contribution in [2.75, 3.05) is 0 Å². The van der Waals surface area contributed by atoms with Gasteiger partial charge in [-0.05, 0) is 39.5 Å². The van der Waals surface area contributed by atoms with Crippen molar-refractivity contribution in [2.45, 2.75) is 52.2 Å². The number of ether oxygens (including phenoxy) is 1. The molecule has 0 bridgehead atoms. The van der Waals surface area contributed by atoms with Gasteiger partial charge in [0.05, 0.1) is 24.3 Å². The number of carbonyl (C=O) groups is 1. The van der Waals surface area contributed by atoms with Crippen LogP contribution in [0.25, 0.3) is 0 Å². The van der Waals surface area contributed by atoms with Gasteiger partial charge in [0.25, 0.3) is 0 Å². The molecule has 1 heterocycles. The van der Waals surface area contributed by atoms with E-state index in [1.165, 1.54) is 4.88 Å². The monoisotopic (exact) mass is 269 g/mol. The van der Waals surface area contributed by atoms with Gasteiger partial charge in [0.2, 0.25) is 0 Å². The van der Waals surface area contributed by atoms with E-state index in [4.69, 9.17) is 9.84 Å². The first-order valence-electron chi connectivity index (χ1n) is 6.33. The molecule has 1 aromatic heterocycles. The number of carboxylic acids is 1. The minimum atomic E-state index is -0.667. The van der Waals surface area contributed by atoms with Crippen LogP contribution in [0.3, 0.4) is 0 Å². The van der Waals surface area contributed by atoms with E-state index in [9.17, 15) is 4.79 Å². The van der Waals surface area contributed by atoms with Crippen LogP contribution in [0.15, 0.2) is 0 Å². The van der Waals surface area contributed by atoms with E-state index in [2.05, 4.69) is 11.9 Å². The Bertz CT molecular complexity index is 402. The number of thiazole rings is 1. The summed E-state index contributed by atoms with van der Waals surface area (Å²) in [4.78, 5) is 16.5. The van der Waals surface area contributed by atoms with Crippen molar-refractivity contribution in [3.63, 3.8) is 0 Å². The smallest absolute Gasteiger partial charge is 0.306 e. The van der Waals surface area contributed by atoms with Crippen LogP contribution in [0, 0.1) is 19.8 Å². The van der Waals surface area contributed by atoms with Crippen LogP contribution in [-0.4, -0.2) is 22.2 Å². The average Bonchev–Trinajstić information content (AvgIpc) is 2.67. The third kappa shape index (κ3) is 3.29. The Hall–Kier alpha value is -0.940. The number of nitrogens with zero attached hydrogens (tertiary/aromatic N) is 1. The summed E-state index contributed by atoms with van der Waals surface area (Å²) in [5.41, 5.74) is 1.08. The summed E-state index contributed by atoms with van der Waals surface area (Å²) in [6, 6.07) is 0. The normalized spacial score (nSPS) is 24.1. The number of hydrogen-bond donors (Lipinski definition) is 1. The molecule has 1 aromatic rings. The molecule has 0 aliphatic heterocycles. The predicted molar refractivity (Wildman–Crippen MR) is 69.8 cm³/mol. The molecule has 0 spiro atoms. The summed E-state index contributed by atoms with van der Waals surface area (Å²) >= 11 is 1.68. The van der Waals surface area contributed by atoms with Gasteiger partial charge in [0.15, 0.2) is 0 Å². The van der Waals surface area contributed by atoms with Crippen molar-refractivity contribution < 1.29 is 14.6 Å². The first-order chi connectivity index (χ1) is 8.56. The highest BCUT2D eigenvalue weighted by Gasteiger charge is 2.26. The lowest BCUT2D eigenvalue weighted by molar-refractivity contribution is -0.143. The van der Waals surface area contributed by atoms with Crippen LogP contribution in [-0.2, 0) is 16.1 Å². The highest BCUT2D eigenvalue weighted by atomic mass is 32.1. The van der Waals surface area contributed by atoms with Gasteiger partial charge < -0.3 is 9.84 Å². The average molecular weight is 269 g/mol. The fourth-order valence-corrected chi connectivity index (χ4v) is 3.12. The lowest BCUT2D eigenvalue weighted by atomic mass is 9.87. The molecule has 0 radical (unpaired) electrons. The lowest BCUT2D eigenvalue weighted by Gasteiger charge is -2.25. The van der Waals surface area contributed by atoms with Crippen LogP contribution in [0.4, 0.5) is 0 Å². The van der Waals surface area contributed by atoms with E-state index in [1.807, 2.05) is 6.92 Å². The standard InChI is InChI=1S/C13H19NO3S/c1-8-9(2)18-12(14-8)7-17-11-5-3-10(4-6-11)13(15)16/h10-11H,3-7H2,1-2H3,(H,15,16). The summed E-state index contributed by atoms with van der Waals surface area (Å²) < 4.78 is 5.82. The SMILES string of the molecule is Cc1nc(COC2CCC(C(=O)O)CC2)sc1C. The second-order valence-electron chi connectivity index (χ2n) is 4.87. The highest BCUT2D eigenvalue weighted by molar-refractivity contribution is 7.11. The molecule has 0 aromatic carbocycles. The van der Waals surface area contributed by atoms with Gasteiger partial charge in [-0.3, -0.25) is 4.79 Å². The Labute approximate surface area is 111 Å². The quantitative estimate of drug-likeness (QED) is 0.913. The lowest BCUT2D eigenvalue weighted by Crippen LogP contribution is -2.25. The minimum Gasteiger partial charge on any atom is -0.481 e. The van der Waals surface area contributed by atoms with Gasteiger partial charge in [0.1, 0.15) is 5.01 Å². The number of rotatable bonds is 4. The highest BCUT2D eigenvalue weighted by Crippen LogP contribution is 2.27. The number of hydrogen-bond acceptors (Lipinski definition) is 4. The van der Waals surface area contributed by atoms with Gasteiger partial charge in [-0.15, -0.1) is 11.3 Å². The summed E-state index contributed by atoms with van der Waals surface area (Å²) in [5, 5.41) is 9.94. The van der Waals surface area contributed by atoms with Crippen LogP contribution in [0.1, 0.15) is 41.3 Å². The number of aromatic nitrogens is 1. The first kappa shape index (κ1) is 13.5. The molecule has 1 N–H and O–H groups in total. The summed E-state index contributed by atoms with van der Waals surface area (Å²) in [7, 11) is 0. The second-order valence-corrected chi connectivity index (χ2v) is 6.16. The molecule has 1 aliphatic rings. The molecule has 18 heavy (non-hydrogen) atoms. The molecule has 0 saturated heterocycles. The van der Waals surface area contributed by atoms with Crippen LogP contribution >= 0.6 is 11.3 Å².